The monoisotopic (exact) mass is 522 g/mol. The molecule has 1 unspecified atom stereocenters. The molecule has 2 heterocycles. The number of nitrogen functional groups attached to an aromatic ring is 1. The second-order valence-corrected chi connectivity index (χ2v) is 11.1. The first-order valence-corrected chi connectivity index (χ1v) is 13.5. The van der Waals surface area contributed by atoms with Crippen molar-refractivity contribution in [3.05, 3.63) is 63.0 Å². The van der Waals surface area contributed by atoms with E-state index in [1.165, 1.54) is 19.3 Å². The zero-order valence-corrected chi connectivity index (χ0v) is 21.0. The highest BCUT2D eigenvalue weighted by molar-refractivity contribution is 7.85. The van der Waals surface area contributed by atoms with Crippen molar-refractivity contribution in [2.45, 2.75) is 24.2 Å². The first-order valence-electron chi connectivity index (χ1n) is 10.6. The minimum Gasteiger partial charge on any atom is -0.382 e. The summed E-state index contributed by atoms with van der Waals surface area (Å²) in [6.45, 7) is 3.01. The first kappa shape index (κ1) is 24.2. The van der Waals surface area contributed by atoms with E-state index < -0.39 is 10.8 Å². The molecule has 1 aliphatic rings. The number of rotatable bonds is 8. The van der Waals surface area contributed by atoms with Gasteiger partial charge < -0.3 is 16.0 Å². The minimum absolute atomic E-state index is 0.102. The predicted octanol–water partition coefficient (Wildman–Crippen LogP) is 5.60. The number of aromatic nitrogens is 1. The molecule has 2 aromatic carbocycles. The number of thiazole rings is 1. The Labute approximate surface area is 209 Å². The summed E-state index contributed by atoms with van der Waals surface area (Å²) >= 11 is 13.5. The molecule has 1 fully saturated rings. The van der Waals surface area contributed by atoms with Crippen molar-refractivity contribution < 1.29 is 9.00 Å². The van der Waals surface area contributed by atoms with Gasteiger partial charge in [-0.05, 0) is 56.3 Å². The SMILES string of the molecule is Nc1nc(Nc2cccc(S(=O)CCN3CCCCC3)c2)sc1C(=O)c1c(Cl)cccc1Cl. The molecular formula is C23H24Cl2N4O2S2. The third kappa shape index (κ3) is 5.94. The molecular weight excluding hydrogens is 499 g/mol. The van der Waals surface area contributed by atoms with Crippen molar-refractivity contribution in [3.63, 3.8) is 0 Å². The Kier molecular flexibility index (Phi) is 8.03. The Morgan fingerprint density at radius 1 is 1.12 bits per heavy atom. The van der Waals surface area contributed by atoms with Crippen LogP contribution in [0, 0.1) is 0 Å². The number of ketones is 1. The molecule has 4 rings (SSSR count). The summed E-state index contributed by atoms with van der Waals surface area (Å²) in [5.41, 5.74) is 6.95. The van der Waals surface area contributed by atoms with Gasteiger partial charge in [0.05, 0.1) is 26.4 Å². The van der Waals surface area contributed by atoms with Crippen LogP contribution in [0.3, 0.4) is 0 Å². The van der Waals surface area contributed by atoms with E-state index in [0.29, 0.717) is 10.9 Å². The minimum atomic E-state index is -1.10. The number of piperidine rings is 1. The van der Waals surface area contributed by atoms with E-state index in [0.717, 1.165) is 41.6 Å². The molecule has 1 aromatic heterocycles. The molecule has 3 N–H and O–H groups in total. The van der Waals surface area contributed by atoms with Crippen LogP contribution in [-0.2, 0) is 10.8 Å². The van der Waals surface area contributed by atoms with E-state index >= 15 is 0 Å². The number of halogens is 2. The van der Waals surface area contributed by atoms with Crippen molar-refractivity contribution in [3.8, 4) is 0 Å². The maximum atomic E-state index is 13.0. The number of nitrogens with one attached hydrogen (secondary N) is 1. The standard InChI is InChI=1S/C23H24Cl2N4O2S2/c24-17-8-5-9-18(25)19(17)20(30)21-22(26)28-23(32-21)27-15-6-4-7-16(14-15)33(31)13-12-29-10-2-1-3-11-29/h4-9,14H,1-3,10-13,26H2,(H,27,28). The number of nitrogens with zero attached hydrogens (tertiary/aromatic N) is 2. The van der Waals surface area contributed by atoms with Gasteiger partial charge in [0.1, 0.15) is 10.7 Å². The molecule has 1 aliphatic heterocycles. The smallest absolute Gasteiger partial charge is 0.209 e. The largest absolute Gasteiger partial charge is 0.382 e. The highest BCUT2D eigenvalue weighted by atomic mass is 35.5. The van der Waals surface area contributed by atoms with Crippen molar-refractivity contribution in [1.82, 2.24) is 9.88 Å². The van der Waals surface area contributed by atoms with E-state index in [1.54, 1.807) is 18.2 Å². The third-order valence-corrected chi connectivity index (χ3v) is 8.39. The fourth-order valence-electron chi connectivity index (χ4n) is 3.73. The van der Waals surface area contributed by atoms with Crippen LogP contribution in [0.1, 0.15) is 34.5 Å². The van der Waals surface area contributed by atoms with Gasteiger partial charge in [0.25, 0.3) is 0 Å². The molecule has 10 heteroatoms. The highest BCUT2D eigenvalue weighted by Crippen LogP contribution is 2.34. The fourth-order valence-corrected chi connectivity index (χ4v) is 6.30. The van der Waals surface area contributed by atoms with Gasteiger partial charge in [0.2, 0.25) is 5.78 Å². The number of hydrogen-bond donors (Lipinski definition) is 2. The lowest BCUT2D eigenvalue weighted by Gasteiger charge is -2.26. The fraction of sp³-hybridized carbons (Fsp3) is 0.304. The molecule has 3 aromatic rings. The van der Waals surface area contributed by atoms with E-state index in [1.807, 2.05) is 24.3 Å². The number of nitrogens with two attached hydrogens (primary N) is 1. The van der Waals surface area contributed by atoms with Crippen LogP contribution in [-0.4, -0.2) is 45.3 Å². The van der Waals surface area contributed by atoms with E-state index in [-0.39, 0.29) is 32.1 Å². The van der Waals surface area contributed by atoms with Crippen LogP contribution < -0.4 is 11.1 Å². The number of carbonyl (C=O) groups is 1. The lowest BCUT2D eigenvalue weighted by Crippen LogP contribution is -2.33. The van der Waals surface area contributed by atoms with Gasteiger partial charge in [0, 0.05) is 22.9 Å². The average Bonchev–Trinajstić information content (AvgIpc) is 3.18. The lowest BCUT2D eigenvalue weighted by atomic mass is 10.1. The zero-order chi connectivity index (χ0) is 23.4. The molecule has 0 bridgehead atoms. The van der Waals surface area contributed by atoms with Gasteiger partial charge in [-0.2, -0.15) is 0 Å². The van der Waals surface area contributed by atoms with Crippen molar-refractivity contribution in [2.24, 2.45) is 0 Å². The number of carbonyl (C=O) groups excluding carboxylic acids is 1. The number of benzene rings is 2. The summed E-state index contributed by atoms with van der Waals surface area (Å²) in [4.78, 5) is 20.6. The topological polar surface area (TPSA) is 88.3 Å². The third-order valence-electron chi connectivity index (χ3n) is 5.44. The number of likely N-dealkylation sites (tertiary alicyclic amines) is 1. The van der Waals surface area contributed by atoms with Gasteiger partial charge in [-0.25, -0.2) is 4.98 Å². The Morgan fingerprint density at radius 2 is 1.82 bits per heavy atom. The van der Waals surface area contributed by atoms with Gasteiger partial charge in [0.15, 0.2) is 5.13 Å². The average molecular weight is 524 g/mol. The quantitative estimate of drug-likeness (QED) is 0.374. The van der Waals surface area contributed by atoms with Gasteiger partial charge in [-0.1, -0.05) is 53.1 Å². The highest BCUT2D eigenvalue weighted by Gasteiger charge is 2.22. The lowest BCUT2D eigenvalue weighted by molar-refractivity contribution is 0.104. The zero-order valence-electron chi connectivity index (χ0n) is 17.9. The van der Waals surface area contributed by atoms with E-state index in [2.05, 4.69) is 15.2 Å². The Morgan fingerprint density at radius 3 is 2.55 bits per heavy atom. The van der Waals surface area contributed by atoms with Gasteiger partial charge in [-0.15, -0.1) is 0 Å². The van der Waals surface area contributed by atoms with Gasteiger partial charge >= 0.3 is 0 Å². The summed E-state index contributed by atoms with van der Waals surface area (Å²) in [7, 11) is -1.10. The van der Waals surface area contributed by atoms with Crippen molar-refractivity contribution in [1.29, 1.82) is 0 Å². The van der Waals surface area contributed by atoms with Crippen molar-refractivity contribution >= 4 is 67.8 Å². The Bertz CT molecular complexity index is 1160. The van der Waals surface area contributed by atoms with Gasteiger partial charge in [-0.3, -0.25) is 9.00 Å². The maximum Gasteiger partial charge on any atom is 0.209 e. The maximum absolute atomic E-state index is 13.0. The molecule has 0 saturated carbocycles. The Balaban J connectivity index is 1.45. The molecule has 174 valence electrons. The van der Waals surface area contributed by atoms with E-state index in [4.69, 9.17) is 28.9 Å². The summed E-state index contributed by atoms with van der Waals surface area (Å²) in [5.74, 6) is 0.330. The van der Waals surface area contributed by atoms with Crippen LogP contribution in [0.2, 0.25) is 10.0 Å². The van der Waals surface area contributed by atoms with E-state index in [9.17, 15) is 9.00 Å². The first-order chi connectivity index (χ1) is 15.9. The van der Waals surface area contributed by atoms with Crippen LogP contribution >= 0.6 is 34.5 Å². The molecule has 0 aliphatic carbocycles. The van der Waals surface area contributed by atoms with Crippen molar-refractivity contribution in [2.75, 3.05) is 36.4 Å². The molecule has 1 atom stereocenters. The Hall–Kier alpha value is -1.97. The summed E-state index contributed by atoms with van der Waals surface area (Å²) in [5, 5.41) is 4.14. The van der Waals surface area contributed by atoms with Crippen LogP contribution in [0.15, 0.2) is 47.4 Å². The second-order valence-electron chi connectivity index (χ2n) is 7.76. The molecule has 1 saturated heterocycles. The molecule has 0 spiro atoms. The predicted molar refractivity (Wildman–Crippen MR) is 138 cm³/mol. The molecule has 6 nitrogen and oxygen atoms in total. The summed E-state index contributed by atoms with van der Waals surface area (Å²) in [6.07, 6.45) is 3.72. The van der Waals surface area contributed by atoms with Crippen LogP contribution in [0.4, 0.5) is 16.6 Å². The normalized spacial score (nSPS) is 15.3. The summed E-state index contributed by atoms with van der Waals surface area (Å²) < 4.78 is 12.8. The second kappa shape index (κ2) is 11.0. The van der Waals surface area contributed by atoms with Crippen LogP contribution in [0.5, 0.6) is 0 Å². The molecule has 0 amide bonds. The number of anilines is 3. The number of hydrogen-bond acceptors (Lipinski definition) is 7. The molecule has 33 heavy (non-hydrogen) atoms. The summed E-state index contributed by atoms with van der Waals surface area (Å²) in [6, 6.07) is 12.3. The molecule has 0 radical (unpaired) electrons. The van der Waals surface area contributed by atoms with Crippen LogP contribution in [0.25, 0.3) is 0 Å².